The molecule has 8 nitrogen and oxygen atoms in total. The van der Waals surface area contributed by atoms with E-state index in [4.69, 9.17) is 0 Å². The molecule has 1 aromatic carbocycles. The standard InChI is InChI=1S/C19H19N3O5/c1-19(10-23)6-7-21(9-19)11-2-3-12-13(8-11)18(27)22(17(12)26)14-4-5-15(24)20-16(14)25/h2-3,8,10,14H,4-7,9H2,1H3,(H,20,24,25). The molecule has 0 radical (unpaired) electrons. The lowest BCUT2D eigenvalue weighted by Gasteiger charge is -2.27. The minimum absolute atomic E-state index is 0.0904. The second-order valence-electron chi connectivity index (χ2n) is 7.62. The monoisotopic (exact) mass is 369 g/mol. The van der Waals surface area contributed by atoms with Crippen molar-refractivity contribution in [3.63, 3.8) is 0 Å². The Balaban J connectivity index is 1.62. The van der Waals surface area contributed by atoms with Gasteiger partial charge in [0.1, 0.15) is 12.3 Å². The Labute approximate surface area is 155 Å². The van der Waals surface area contributed by atoms with Gasteiger partial charge in [0.05, 0.1) is 11.1 Å². The van der Waals surface area contributed by atoms with Crippen molar-refractivity contribution in [2.45, 2.75) is 32.2 Å². The lowest BCUT2D eigenvalue weighted by molar-refractivity contribution is -0.136. The van der Waals surface area contributed by atoms with Gasteiger partial charge in [-0.1, -0.05) is 6.92 Å². The molecular weight excluding hydrogens is 350 g/mol. The number of benzene rings is 1. The largest absolute Gasteiger partial charge is 0.370 e. The maximum atomic E-state index is 12.8. The van der Waals surface area contributed by atoms with Crippen molar-refractivity contribution in [3.05, 3.63) is 29.3 Å². The summed E-state index contributed by atoms with van der Waals surface area (Å²) in [6.07, 6.45) is 1.91. The van der Waals surface area contributed by atoms with Crippen LogP contribution in [0.5, 0.6) is 0 Å². The maximum absolute atomic E-state index is 12.8. The SMILES string of the molecule is CC1(C=O)CCN(c2ccc3c(c2)C(=O)N(C2CCC(=O)NC2=O)C3=O)C1. The highest BCUT2D eigenvalue weighted by Gasteiger charge is 2.45. The Morgan fingerprint density at radius 1 is 1.15 bits per heavy atom. The van der Waals surface area contributed by atoms with E-state index in [2.05, 4.69) is 5.32 Å². The fourth-order valence-electron chi connectivity index (χ4n) is 3.96. The third-order valence-corrected chi connectivity index (χ3v) is 5.58. The Bertz CT molecular complexity index is 895. The number of hydrogen-bond acceptors (Lipinski definition) is 6. The Kier molecular flexibility index (Phi) is 3.87. The van der Waals surface area contributed by atoms with Gasteiger partial charge >= 0.3 is 0 Å². The van der Waals surface area contributed by atoms with E-state index in [0.29, 0.717) is 13.1 Å². The van der Waals surface area contributed by atoms with Crippen molar-refractivity contribution in [3.8, 4) is 0 Å². The first-order valence-electron chi connectivity index (χ1n) is 8.90. The number of nitrogens with one attached hydrogen (secondary N) is 1. The third kappa shape index (κ3) is 2.72. The van der Waals surface area contributed by atoms with Gasteiger partial charge in [-0.05, 0) is 31.0 Å². The van der Waals surface area contributed by atoms with Crippen LogP contribution in [0.4, 0.5) is 5.69 Å². The normalized spacial score (nSPS) is 27.8. The van der Waals surface area contributed by atoms with E-state index in [-0.39, 0.29) is 24.0 Å². The zero-order valence-corrected chi connectivity index (χ0v) is 14.9. The second kappa shape index (κ2) is 6.00. The lowest BCUT2D eigenvalue weighted by atomic mass is 9.92. The molecule has 1 aromatic rings. The molecule has 140 valence electrons. The number of rotatable bonds is 3. The van der Waals surface area contributed by atoms with Gasteiger partial charge in [0, 0.05) is 30.6 Å². The highest BCUT2D eigenvalue weighted by atomic mass is 16.2. The van der Waals surface area contributed by atoms with Crippen LogP contribution in [0.25, 0.3) is 0 Å². The minimum atomic E-state index is -0.969. The Morgan fingerprint density at radius 2 is 1.89 bits per heavy atom. The summed E-state index contributed by atoms with van der Waals surface area (Å²) in [4.78, 5) is 63.2. The third-order valence-electron chi connectivity index (χ3n) is 5.58. The first-order chi connectivity index (χ1) is 12.8. The molecule has 0 aromatic heterocycles. The summed E-state index contributed by atoms with van der Waals surface area (Å²) < 4.78 is 0. The van der Waals surface area contributed by atoms with E-state index in [1.807, 2.05) is 11.8 Å². The van der Waals surface area contributed by atoms with Crippen LogP contribution < -0.4 is 10.2 Å². The molecule has 0 saturated carbocycles. The van der Waals surface area contributed by atoms with Crippen LogP contribution in [0.2, 0.25) is 0 Å². The molecule has 2 unspecified atom stereocenters. The zero-order chi connectivity index (χ0) is 19.3. The van der Waals surface area contributed by atoms with Crippen LogP contribution >= 0.6 is 0 Å². The lowest BCUT2D eigenvalue weighted by Crippen LogP contribution is -2.54. The number of aldehydes is 1. The van der Waals surface area contributed by atoms with E-state index in [9.17, 15) is 24.0 Å². The fraction of sp³-hybridized carbons (Fsp3) is 0.421. The number of hydrogen-bond donors (Lipinski definition) is 1. The predicted octanol–water partition coefficient (Wildman–Crippen LogP) is 0.503. The highest BCUT2D eigenvalue weighted by molar-refractivity contribution is 6.23. The number of nitrogens with zero attached hydrogens (tertiary/aromatic N) is 2. The molecule has 1 N–H and O–H groups in total. The summed E-state index contributed by atoms with van der Waals surface area (Å²) in [5.41, 5.74) is 0.857. The number of fused-ring (bicyclic) bond motifs is 1. The summed E-state index contributed by atoms with van der Waals surface area (Å²) in [5, 5.41) is 2.18. The number of carbonyl (C=O) groups excluding carboxylic acids is 5. The van der Waals surface area contributed by atoms with Gasteiger partial charge in [-0.2, -0.15) is 0 Å². The average Bonchev–Trinajstić information content (AvgIpc) is 3.15. The molecule has 4 amide bonds. The molecule has 3 aliphatic rings. The molecule has 3 aliphatic heterocycles. The Hall–Kier alpha value is -3.03. The number of carbonyl (C=O) groups is 5. The number of amides is 4. The van der Waals surface area contributed by atoms with Gasteiger partial charge in [-0.3, -0.25) is 29.4 Å². The molecule has 4 rings (SSSR count). The van der Waals surface area contributed by atoms with Crippen LogP contribution in [0.15, 0.2) is 18.2 Å². The van der Waals surface area contributed by atoms with Gasteiger partial charge in [0.25, 0.3) is 11.8 Å². The molecule has 27 heavy (non-hydrogen) atoms. The summed E-state index contributed by atoms with van der Waals surface area (Å²) >= 11 is 0. The van der Waals surface area contributed by atoms with Crippen molar-refractivity contribution >= 4 is 35.6 Å². The van der Waals surface area contributed by atoms with Crippen molar-refractivity contribution in [1.82, 2.24) is 10.2 Å². The van der Waals surface area contributed by atoms with Gasteiger partial charge in [-0.15, -0.1) is 0 Å². The molecule has 3 heterocycles. The van der Waals surface area contributed by atoms with Gasteiger partial charge in [0.2, 0.25) is 11.8 Å². The van der Waals surface area contributed by atoms with Crippen molar-refractivity contribution in [2.24, 2.45) is 5.41 Å². The quantitative estimate of drug-likeness (QED) is 0.615. The molecular formula is C19H19N3O5. The van der Waals surface area contributed by atoms with E-state index in [1.165, 1.54) is 0 Å². The highest BCUT2D eigenvalue weighted by Crippen LogP contribution is 2.35. The summed E-state index contributed by atoms with van der Waals surface area (Å²) in [5.74, 6) is -2.07. The first kappa shape index (κ1) is 17.4. The van der Waals surface area contributed by atoms with Crippen LogP contribution in [0, 0.1) is 5.41 Å². The van der Waals surface area contributed by atoms with E-state index in [1.54, 1.807) is 18.2 Å². The van der Waals surface area contributed by atoms with Crippen LogP contribution in [0.3, 0.4) is 0 Å². The Morgan fingerprint density at radius 3 is 2.56 bits per heavy atom. The van der Waals surface area contributed by atoms with Crippen LogP contribution in [-0.2, 0) is 14.4 Å². The molecule has 0 spiro atoms. The maximum Gasteiger partial charge on any atom is 0.262 e. The number of anilines is 1. The van der Waals surface area contributed by atoms with Crippen LogP contribution in [-0.4, -0.2) is 53.9 Å². The fourth-order valence-corrected chi connectivity index (χ4v) is 3.96. The minimum Gasteiger partial charge on any atom is -0.370 e. The van der Waals surface area contributed by atoms with Crippen LogP contribution in [0.1, 0.15) is 46.9 Å². The average molecular weight is 369 g/mol. The van der Waals surface area contributed by atoms with Crippen molar-refractivity contribution in [2.75, 3.05) is 18.0 Å². The number of piperidine rings is 1. The predicted molar refractivity (Wildman–Crippen MR) is 94.1 cm³/mol. The van der Waals surface area contributed by atoms with Gasteiger partial charge < -0.3 is 9.69 Å². The summed E-state index contributed by atoms with van der Waals surface area (Å²) in [6, 6.07) is 4.03. The molecule has 2 atom stereocenters. The molecule has 2 saturated heterocycles. The van der Waals surface area contributed by atoms with E-state index < -0.39 is 35.1 Å². The second-order valence-corrected chi connectivity index (χ2v) is 7.62. The summed E-state index contributed by atoms with van der Waals surface area (Å²) in [6.45, 7) is 3.13. The van der Waals surface area contributed by atoms with E-state index >= 15 is 0 Å². The van der Waals surface area contributed by atoms with Gasteiger partial charge in [-0.25, -0.2) is 0 Å². The van der Waals surface area contributed by atoms with Gasteiger partial charge in [0.15, 0.2) is 0 Å². The first-order valence-corrected chi connectivity index (χ1v) is 8.90. The van der Waals surface area contributed by atoms with E-state index in [0.717, 1.165) is 23.3 Å². The zero-order valence-electron chi connectivity index (χ0n) is 14.9. The molecule has 8 heteroatoms. The smallest absolute Gasteiger partial charge is 0.262 e. The number of imide groups is 2. The molecule has 0 aliphatic carbocycles. The van der Waals surface area contributed by atoms with Crippen molar-refractivity contribution < 1.29 is 24.0 Å². The van der Waals surface area contributed by atoms with Crippen molar-refractivity contribution in [1.29, 1.82) is 0 Å². The summed E-state index contributed by atoms with van der Waals surface area (Å²) in [7, 11) is 0. The topological polar surface area (TPSA) is 104 Å². The molecule has 2 fully saturated rings. The molecule has 0 bridgehead atoms.